The normalized spacial score (nSPS) is 14.0. The number of rotatable bonds is 6. The molecule has 2 aromatic rings. The van der Waals surface area contributed by atoms with Gasteiger partial charge in [-0.05, 0) is 48.6 Å². The molecule has 0 aliphatic carbocycles. The fourth-order valence-electron chi connectivity index (χ4n) is 3.11. The summed E-state index contributed by atoms with van der Waals surface area (Å²) in [6.45, 7) is 3.71. The number of benzene rings is 1. The average Bonchev–Trinajstić information content (AvgIpc) is 3.21. The smallest absolute Gasteiger partial charge is 0.191 e. The van der Waals surface area contributed by atoms with E-state index in [-0.39, 0.29) is 24.0 Å². The maximum absolute atomic E-state index is 6.20. The summed E-state index contributed by atoms with van der Waals surface area (Å²) >= 11 is 6.20. The fourth-order valence-corrected chi connectivity index (χ4v) is 3.34. The number of nitrogens with one attached hydrogen (secondary N) is 2. The molecule has 1 saturated heterocycles. The summed E-state index contributed by atoms with van der Waals surface area (Å²) in [4.78, 5) is 11.1. The van der Waals surface area contributed by atoms with E-state index in [4.69, 9.17) is 11.6 Å². The third-order valence-corrected chi connectivity index (χ3v) is 4.94. The van der Waals surface area contributed by atoms with Gasteiger partial charge in [-0.25, -0.2) is 4.98 Å². The maximum atomic E-state index is 6.20. The van der Waals surface area contributed by atoms with Crippen molar-refractivity contribution in [2.75, 3.05) is 31.6 Å². The minimum Gasteiger partial charge on any atom is -0.357 e. The Balaban J connectivity index is 0.00000261. The second-order valence-corrected chi connectivity index (χ2v) is 6.82. The quantitative estimate of drug-likeness (QED) is 0.360. The van der Waals surface area contributed by atoms with Crippen molar-refractivity contribution >= 4 is 47.4 Å². The van der Waals surface area contributed by atoms with Crippen LogP contribution in [0.2, 0.25) is 5.02 Å². The van der Waals surface area contributed by atoms with Crippen LogP contribution in [0.1, 0.15) is 24.0 Å². The van der Waals surface area contributed by atoms with Crippen molar-refractivity contribution in [2.24, 2.45) is 4.99 Å². The lowest BCUT2D eigenvalue weighted by Gasteiger charge is -2.17. The van der Waals surface area contributed by atoms with Crippen molar-refractivity contribution in [1.82, 2.24) is 15.6 Å². The molecule has 0 spiro atoms. The minimum absolute atomic E-state index is 0. The summed E-state index contributed by atoms with van der Waals surface area (Å²) in [7, 11) is 1.78. The summed E-state index contributed by atoms with van der Waals surface area (Å²) in [5, 5.41) is 7.51. The van der Waals surface area contributed by atoms with Crippen molar-refractivity contribution in [1.29, 1.82) is 0 Å². The monoisotopic (exact) mass is 499 g/mol. The Morgan fingerprint density at radius 2 is 1.96 bits per heavy atom. The first-order valence-electron chi connectivity index (χ1n) is 9.14. The highest BCUT2D eigenvalue weighted by atomic mass is 127. The molecule has 27 heavy (non-hydrogen) atoms. The molecule has 0 saturated carbocycles. The van der Waals surface area contributed by atoms with Gasteiger partial charge in [0.05, 0.1) is 0 Å². The van der Waals surface area contributed by atoms with Gasteiger partial charge in [0.2, 0.25) is 0 Å². The fraction of sp³-hybridized carbons (Fsp3) is 0.400. The van der Waals surface area contributed by atoms with E-state index in [0.717, 1.165) is 55.0 Å². The first kappa shape index (κ1) is 21.8. The van der Waals surface area contributed by atoms with Crippen LogP contribution < -0.4 is 15.5 Å². The number of halogens is 2. The van der Waals surface area contributed by atoms with E-state index in [1.54, 1.807) is 7.05 Å². The van der Waals surface area contributed by atoms with Crippen LogP contribution >= 0.6 is 35.6 Å². The highest BCUT2D eigenvalue weighted by Gasteiger charge is 2.13. The molecule has 7 heteroatoms. The first-order valence-corrected chi connectivity index (χ1v) is 9.52. The Bertz CT molecular complexity index is 747. The van der Waals surface area contributed by atoms with Gasteiger partial charge in [0, 0.05) is 44.4 Å². The molecule has 3 rings (SSSR count). The summed E-state index contributed by atoms with van der Waals surface area (Å²) in [6, 6.07) is 12.1. The van der Waals surface area contributed by atoms with Crippen LogP contribution in [0.5, 0.6) is 0 Å². The third kappa shape index (κ3) is 6.53. The average molecular weight is 500 g/mol. The number of anilines is 1. The zero-order valence-corrected chi connectivity index (χ0v) is 18.7. The molecule has 146 valence electrons. The number of aromatic nitrogens is 1. The lowest BCUT2D eigenvalue weighted by Crippen LogP contribution is -2.37. The van der Waals surface area contributed by atoms with Gasteiger partial charge in [-0.15, -0.1) is 24.0 Å². The first-order chi connectivity index (χ1) is 12.8. The highest BCUT2D eigenvalue weighted by molar-refractivity contribution is 14.0. The molecule has 0 atom stereocenters. The lowest BCUT2D eigenvalue weighted by molar-refractivity contribution is 0.793. The van der Waals surface area contributed by atoms with Gasteiger partial charge in [-0.3, -0.25) is 4.99 Å². The Morgan fingerprint density at radius 1 is 1.19 bits per heavy atom. The minimum atomic E-state index is 0. The zero-order valence-electron chi connectivity index (χ0n) is 15.6. The van der Waals surface area contributed by atoms with Crippen molar-refractivity contribution in [2.45, 2.75) is 25.8 Å². The largest absolute Gasteiger partial charge is 0.357 e. The van der Waals surface area contributed by atoms with Crippen LogP contribution in [0.25, 0.3) is 0 Å². The van der Waals surface area contributed by atoms with E-state index < -0.39 is 0 Å². The predicted octanol–water partition coefficient (Wildman–Crippen LogP) is 3.86. The van der Waals surface area contributed by atoms with Crippen molar-refractivity contribution < 1.29 is 0 Å². The number of guanidine groups is 1. The summed E-state index contributed by atoms with van der Waals surface area (Å²) in [6.07, 6.45) is 5.26. The van der Waals surface area contributed by atoms with Crippen LogP contribution in [-0.4, -0.2) is 37.6 Å². The van der Waals surface area contributed by atoms with Crippen molar-refractivity contribution in [3.05, 3.63) is 58.7 Å². The Morgan fingerprint density at radius 3 is 2.70 bits per heavy atom. The molecule has 1 aliphatic rings. The Kier molecular flexibility index (Phi) is 9.14. The zero-order chi connectivity index (χ0) is 18.2. The van der Waals surface area contributed by atoms with Gasteiger partial charge >= 0.3 is 0 Å². The van der Waals surface area contributed by atoms with Gasteiger partial charge in [0.25, 0.3) is 0 Å². The van der Waals surface area contributed by atoms with Crippen LogP contribution in [0.3, 0.4) is 0 Å². The molecule has 0 unspecified atom stereocenters. The van der Waals surface area contributed by atoms with E-state index in [0.29, 0.717) is 0 Å². The second kappa shape index (κ2) is 11.3. The molecular formula is C20H27ClIN5. The summed E-state index contributed by atoms with van der Waals surface area (Å²) in [5.74, 6) is 1.86. The molecule has 1 aromatic carbocycles. The molecular weight excluding hydrogens is 473 g/mol. The molecule has 0 bridgehead atoms. The van der Waals surface area contributed by atoms with E-state index >= 15 is 0 Å². The van der Waals surface area contributed by atoms with E-state index in [9.17, 15) is 0 Å². The van der Waals surface area contributed by atoms with E-state index in [1.165, 1.54) is 18.4 Å². The molecule has 2 heterocycles. The highest BCUT2D eigenvalue weighted by Crippen LogP contribution is 2.18. The van der Waals surface area contributed by atoms with Crippen LogP contribution in [-0.2, 0) is 13.0 Å². The molecule has 2 N–H and O–H groups in total. The number of hydrogen-bond acceptors (Lipinski definition) is 3. The van der Waals surface area contributed by atoms with Crippen molar-refractivity contribution in [3.63, 3.8) is 0 Å². The summed E-state index contributed by atoms with van der Waals surface area (Å²) < 4.78 is 0. The Hall–Kier alpha value is -1.54. The number of aliphatic imine (C=N–C) groups is 1. The molecule has 1 aliphatic heterocycles. The van der Waals surface area contributed by atoms with Crippen LogP contribution in [0, 0.1) is 0 Å². The SMILES string of the molecule is CN=C(NCCc1ccccc1Cl)NCc1ccnc(N2CCCC2)c1.I. The number of nitrogens with zero attached hydrogens (tertiary/aromatic N) is 3. The number of pyridine rings is 1. The lowest BCUT2D eigenvalue weighted by atomic mass is 10.1. The van der Waals surface area contributed by atoms with E-state index in [2.05, 4.69) is 37.6 Å². The molecule has 0 radical (unpaired) electrons. The predicted molar refractivity (Wildman–Crippen MR) is 124 cm³/mol. The molecule has 0 amide bonds. The van der Waals surface area contributed by atoms with Crippen LogP contribution in [0.4, 0.5) is 5.82 Å². The standard InChI is InChI=1S/C20H26ClN5.HI/c1-22-20(24-11-9-17-6-2-3-7-18(17)21)25-15-16-8-10-23-19(14-16)26-12-4-5-13-26;/h2-3,6-8,10,14H,4-5,9,11-13,15H2,1H3,(H2,22,24,25);1H. The second-order valence-electron chi connectivity index (χ2n) is 6.41. The number of hydrogen-bond donors (Lipinski definition) is 2. The van der Waals surface area contributed by atoms with Crippen LogP contribution in [0.15, 0.2) is 47.6 Å². The summed E-state index contributed by atoms with van der Waals surface area (Å²) in [5.41, 5.74) is 2.34. The molecule has 5 nitrogen and oxygen atoms in total. The van der Waals surface area contributed by atoms with Crippen molar-refractivity contribution in [3.8, 4) is 0 Å². The topological polar surface area (TPSA) is 52.6 Å². The van der Waals surface area contributed by atoms with Gasteiger partial charge in [0.15, 0.2) is 5.96 Å². The molecule has 1 aromatic heterocycles. The van der Waals surface area contributed by atoms with Gasteiger partial charge in [0.1, 0.15) is 5.82 Å². The molecule has 1 fully saturated rings. The van der Waals surface area contributed by atoms with Gasteiger partial charge < -0.3 is 15.5 Å². The Labute approximate surface area is 183 Å². The van der Waals surface area contributed by atoms with Gasteiger partial charge in [-0.1, -0.05) is 29.8 Å². The van der Waals surface area contributed by atoms with Gasteiger partial charge in [-0.2, -0.15) is 0 Å². The third-order valence-electron chi connectivity index (χ3n) is 4.57. The maximum Gasteiger partial charge on any atom is 0.191 e. The van der Waals surface area contributed by atoms with E-state index in [1.807, 2.05) is 30.5 Å².